The van der Waals surface area contributed by atoms with E-state index in [1.54, 1.807) is 7.11 Å². The second kappa shape index (κ2) is 6.94. The lowest BCUT2D eigenvalue weighted by molar-refractivity contribution is -0.0679. The topological polar surface area (TPSA) is 50.4 Å². The molecule has 2 rings (SSSR count). The normalized spacial score (nSPS) is 16.1. The summed E-state index contributed by atoms with van der Waals surface area (Å²) in [6.45, 7) is 5.70. The van der Waals surface area contributed by atoms with Crippen molar-refractivity contribution in [1.29, 1.82) is 0 Å². The molecule has 4 heteroatoms. The minimum Gasteiger partial charge on any atom is -0.385 e. The quantitative estimate of drug-likeness (QED) is 0.811. The molecule has 2 N–H and O–H groups in total. The number of benzene rings is 1. The van der Waals surface area contributed by atoms with Gasteiger partial charge in [0.25, 0.3) is 5.91 Å². The van der Waals surface area contributed by atoms with E-state index in [-0.39, 0.29) is 11.5 Å². The molecule has 0 unspecified atom stereocenters. The monoisotopic (exact) mass is 290 g/mol. The van der Waals surface area contributed by atoms with Crippen LogP contribution in [0.4, 0.5) is 5.69 Å². The van der Waals surface area contributed by atoms with Gasteiger partial charge in [-0.3, -0.25) is 4.79 Å². The molecule has 0 atom stereocenters. The van der Waals surface area contributed by atoms with E-state index in [1.165, 1.54) is 6.42 Å². The molecule has 1 aromatic rings. The van der Waals surface area contributed by atoms with Crippen molar-refractivity contribution in [3.05, 3.63) is 29.3 Å². The molecule has 0 saturated heterocycles. The van der Waals surface area contributed by atoms with E-state index in [0.717, 1.165) is 37.1 Å². The molecule has 0 aliphatic heterocycles. The number of amides is 1. The average Bonchev–Trinajstić information content (AvgIpc) is 2.45. The SMILES string of the molecule is CCCNc1ccc(C(=O)NCC2(OC)CCC2)cc1C. The molecular formula is C17H26N2O2. The van der Waals surface area contributed by atoms with E-state index >= 15 is 0 Å². The Labute approximate surface area is 127 Å². The molecule has 21 heavy (non-hydrogen) atoms. The van der Waals surface area contributed by atoms with Crippen LogP contribution in [-0.4, -0.2) is 31.7 Å². The Morgan fingerprint density at radius 3 is 2.67 bits per heavy atom. The van der Waals surface area contributed by atoms with Gasteiger partial charge in [0, 0.05) is 31.5 Å². The number of carbonyl (C=O) groups excluding carboxylic acids is 1. The van der Waals surface area contributed by atoms with Gasteiger partial charge in [-0.05, 0) is 56.4 Å². The number of anilines is 1. The van der Waals surface area contributed by atoms with Crippen molar-refractivity contribution in [1.82, 2.24) is 5.32 Å². The highest BCUT2D eigenvalue weighted by Gasteiger charge is 2.37. The van der Waals surface area contributed by atoms with Gasteiger partial charge in [0.15, 0.2) is 0 Å². The molecule has 0 bridgehead atoms. The van der Waals surface area contributed by atoms with E-state index in [4.69, 9.17) is 4.74 Å². The largest absolute Gasteiger partial charge is 0.385 e. The third kappa shape index (κ3) is 3.76. The van der Waals surface area contributed by atoms with Crippen LogP contribution in [0.3, 0.4) is 0 Å². The van der Waals surface area contributed by atoms with E-state index < -0.39 is 0 Å². The smallest absolute Gasteiger partial charge is 0.251 e. The van der Waals surface area contributed by atoms with Crippen molar-refractivity contribution in [2.24, 2.45) is 0 Å². The van der Waals surface area contributed by atoms with E-state index in [1.807, 2.05) is 25.1 Å². The van der Waals surface area contributed by atoms with Crippen LogP contribution in [-0.2, 0) is 4.74 Å². The van der Waals surface area contributed by atoms with E-state index in [9.17, 15) is 4.79 Å². The highest BCUT2D eigenvalue weighted by molar-refractivity contribution is 5.94. The fourth-order valence-corrected chi connectivity index (χ4v) is 2.63. The van der Waals surface area contributed by atoms with E-state index in [0.29, 0.717) is 12.1 Å². The lowest BCUT2D eigenvalue weighted by Crippen LogP contribution is -2.49. The number of ether oxygens (including phenoxy) is 1. The van der Waals surface area contributed by atoms with Crippen LogP contribution in [0.5, 0.6) is 0 Å². The van der Waals surface area contributed by atoms with Gasteiger partial charge in [-0.2, -0.15) is 0 Å². The number of nitrogens with one attached hydrogen (secondary N) is 2. The fraction of sp³-hybridized carbons (Fsp3) is 0.588. The van der Waals surface area contributed by atoms with E-state index in [2.05, 4.69) is 17.6 Å². The van der Waals surface area contributed by atoms with Crippen LogP contribution in [0, 0.1) is 6.92 Å². The van der Waals surface area contributed by atoms with Gasteiger partial charge in [0.05, 0.1) is 5.60 Å². The zero-order valence-electron chi connectivity index (χ0n) is 13.3. The Kier molecular flexibility index (Phi) is 5.23. The maximum atomic E-state index is 12.2. The van der Waals surface area contributed by atoms with Crippen LogP contribution in [0.1, 0.15) is 48.5 Å². The van der Waals surface area contributed by atoms with Crippen LogP contribution in [0.25, 0.3) is 0 Å². The molecular weight excluding hydrogens is 264 g/mol. The maximum absolute atomic E-state index is 12.2. The summed E-state index contributed by atoms with van der Waals surface area (Å²) in [6, 6.07) is 5.80. The molecule has 4 nitrogen and oxygen atoms in total. The lowest BCUT2D eigenvalue weighted by Gasteiger charge is -2.40. The molecule has 0 heterocycles. The maximum Gasteiger partial charge on any atom is 0.251 e. The van der Waals surface area contributed by atoms with Gasteiger partial charge in [-0.15, -0.1) is 0 Å². The summed E-state index contributed by atoms with van der Waals surface area (Å²) in [7, 11) is 1.73. The molecule has 116 valence electrons. The van der Waals surface area contributed by atoms with Gasteiger partial charge in [-0.1, -0.05) is 6.92 Å². The van der Waals surface area contributed by atoms with Gasteiger partial charge in [-0.25, -0.2) is 0 Å². The average molecular weight is 290 g/mol. The molecule has 0 radical (unpaired) electrons. The molecule has 1 aliphatic carbocycles. The highest BCUT2D eigenvalue weighted by atomic mass is 16.5. The Morgan fingerprint density at radius 2 is 2.14 bits per heavy atom. The highest BCUT2D eigenvalue weighted by Crippen LogP contribution is 2.34. The molecule has 1 aliphatic rings. The van der Waals surface area contributed by atoms with Crippen LogP contribution in [0.15, 0.2) is 18.2 Å². The molecule has 0 aromatic heterocycles. The summed E-state index contributed by atoms with van der Waals surface area (Å²) in [5.41, 5.74) is 2.77. The molecule has 1 saturated carbocycles. The second-order valence-electron chi connectivity index (χ2n) is 5.88. The number of carbonyl (C=O) groups is 1. The number of hydrogen-bond donors (Lipinski definition) is 2. The minimum absolute atomic E-state index is 0.0246. The second-order valence-corrected chi connectivity index (χ2v) is 5.88. The molecule has 1 amide bonds. The van der Waals surface area contributed by atoms with Crippen LogP contribution < -0.4 is 10.6 Å². The first-order valence-electron chi connectivity index (χ1n) is 7.78. The summed E-state index contributed by atoms with van der Waals surface area (Å²) < 4.78 is 5.52. The van der Waals surface area contributed by atoms with Crippen molar-refractivity contribution in [2.45, 2.75) is 45.1 Å². The predicted octanol–water partition coefficient (Wildman–Crippen LogP) is 3.12. The lowest BCUT2D eigenvalue weighted by atomic mass is 9.80. The van der Waals surface area contributed by atoms with Gasteiger partial charge >= 0.3 is 0 Å². The zero-order chi connectivity index (χ0) is 15.3. The van der Waals surface area contributed by atoms with Crippen LogP contribution in [0.2, 0.25) is 0 Å². The summed E-state index contributed by atoms with van der Waals surface area (Å²) >= 11 is 0. The van der Waals surface area contributed by atoms with Crippen molar-refractivity contribution in [3.8, 4) is 0 Å². The Morgan fingerprint density at radius 1 is 1.38 bits per heavy atom. The fourth-order valence-electron chi connectivity index (χ4n) is 2.63. The van der Waals surface area contributed by atoms with Crippen molar-refractivity contribution >= 4 is 11.6 Å². The molecule has 1 fully saturated rings. The number of aryl methyl sites for hydroxylation is 1. The Hall–Kier alpha value is -1.55. The third-order valence-corrected chi connectivity index (χ3v) is 4.32. The standard InChI is InChI=1S/C17H26N2O2/c1-4-10-18-15-7-6-14(11-13(15)2)16(20)19-12-17(21-3)8-5-9-17/h6-7,11,18H,4-5,8-10,12H2,1-3H3,(H,19,20). The number of rotatable bonds is 7. The van der Waals surface area contributed by atoms with Crippen molar-refractivity contribution in [2.75, 3.05) is 25.5 Å². The first kappa shape index (κ1) is 15.8. The summed E-state index contributed by atoms with van der Waals surface area (Å²) in [4.78, 5) is 12.2. The minimum atomic E-state index is -0.132. The zero-order valence-corrected chi connectivity index (χ0v) is 13.3. The number of methoxy groups -OCH3 is 1. The molecule has 1 aromatic carbocycles. The molecule has 0 spiro atoms. The Bertz CT molecular complexity index is 490. The summed E-state index contributed by atoms with van der Waals surface area (Å²) in [5, 5.41) is 6.36. The van der Waals surface area contributed by atoms with Crippen molar-refractivity contribution in [3.63, 3.8) is 0 Å². The first-order valence-corrected chi connectivity index (χ1v) is 7.78. The van der Waals surface area contributed by atoms with Gasteiger partial charge in [0.1, 0.15) is 0 Å². The predicted molar refractivity (Wildman–Crippen MR) is 85.9 cm³/mol. The van der Waals surface area contributed by atoms with Crippen molar-refractivity contribution < 1.29 is 9.53 Å². The summed E-state index contributed by atoms with van der Waals surface area (Å²) in [5.74, 6) is -0.0246. The third-order valence-electron chi connectivity index (χ3n) is 4.32. The van der Waals surface area contributed by atoms with Gasteiger partial charge in [0.2, 0.25) is 0 Å². The number of hydrogen-bond acceptors (Lipinski definition) is 3. The summed E-state index contributed by atoms with van der Waals surface area (Å²) in [6.07, 6.45) is 4.33. The van der Waals surface area contributed by atoms with Crippen LogP contribution >= 0.6 is 0 Å². The van der Waals surface area contributed by atoms with Gasteiger partial charge < -0.3 is 15.4 Å². The Balaban J connectivity index is 1.94. The first-order chi connectivity index (χ1) is 10.1.